The lowest BCUT2D eigenvalue weighted by Crippen LogP contribution is -2.32. The van der Waals surface area contributed by atoms with E-state index in [1.807, 2.05) is 0 Å². The van der Waals surface area contributed by atoms with Gasteiger partial charge in [0.25, 0.3) is 0 Å². The maximum atomic E-state index is 10.8. The number of hydrogen-bond donors (Lipinski definition) is 3. The number of carboxylic acids is 2. The lowest BCUT2D eigenvalue weighted by atomic mass is 10.1. The Kier molecular flexibility index (Phi) is 7.29. The van der Waals surface area contributed by atoms with Crippen LogP contribution in [-0.4, -0.2) is 28.2 Å². The molecular weight excluding hydrogens is 516 g/mol. The van der Waals surface area contributed by atoms with Gasteiger partial charge in [0.1, 0.15) is 11.8 Å². The Labute approximate surface area is 154 Å². The highest BCUT2D eigenvalue weighted by Gasteiger charge is 2.15. The molecule has 6 nitrogen and oxygen atoms in total. The summed E-state index contributed by atoms with van der Waals surface area (Å²) in [5.74, 6) is -1.42. The van der Waals surface area contributed by atoms with Gasteiger partial charge in [0.05, 0.1) is 7.14 Å². The van der Waals surface area contributed by atoms with Gasteiger partial charge in [-0.1, -0.05) is 6.58 Å². The van der Waals surface area contributed by atoms with E-state index in [-0.39, 0.29) is 12.2 Å². The molecule has 4 N–H and O–H groups in total. The quantitative estimate of drug-likeness (QED) is 0.217. The van der Waals surface area contributed by atoms with Crippen molar-refractivity contribution in [3.8, 4) is 5.75 Å². The van der Waals surface area contributed by atoms with E-state index in [1.54, 1.807) is 12.1 Å². The van der Waals surface area contributed by atoms with Crippen molar-refractivity contribution in [1.82, 2.24) is 0 Å². The van der Waals surface area contributed by atoms with Crippen molar-refractivity contribution in [1.29, 1.82) is 0 Å². The average molecular weight is 529 g/mol. The number of aliphatic carboxylic acids is 2. The maximum absolute atomic E-state index is 10.8. The fourth-order valence-electron chi connectivity index (χ4n) is 1.50. The topological polar surface area (TPSA) is 110 Å². The van der Waals surface area contributed by atoms with Crippen LogP contribution in [-0.2, 0) is 16.0 Å². The minimum absolute atomic E-state index is 0.188. The van der Waals surface area contributed by atoms with Crippen molar-refractivity contribution in [3.63, 3.8) is 0 Å². The molecule has 8 heteroatoms. The second-order valence-electron chi connectivity index (χ2n) is 4.28. The molecule has 0 aliphatic heterocycles. The van der Waals surface area contributed by atoms with E-state index in [0.717, 1.165) is 18.8 Å². The van der Waals surface area contributed by atoms with Gasteiger partial charge in [0.15, 0.2) is 5.75 Å². The molecule has 1 unspecified atom stereocenters. The molecule has 1 aromatic rings. The minimum Gasteiger partial charge on any atom is -0.480 e. The molecule has 0 saturated heterocycles. The van der Waals surface area contributed by atoms with E-state index < -0.39 is 18.0 Å². The van der Waals surface area contributed by atoms with E-state index in [0.29, 0.717) is 5.75 Å². The lowest BCUT2D eigenvalue weighted by molar-refractivity contribution is -0.138. The number of ether oxygens (including phenoxy) is 1. The van der Waals surface area contributed by atoms with Crippen LogP contribution in [0.25, 0.3) is 0 Å². The fourth-order valence-corrected chi connectivity index (χ4v) is 3.62. The normalized spacial score (nSPS) is 12.1. The molecule has 0 radical (unpaired) electrons. The minimum atomic E-state index is -1.09. The predicted octanol–water partition coefficient (Wildman–Crippen LogP) is 2.38. The molecule has 0 bridgehead atoms. The summed E-state index contributed by atoms with van der Waals surface area (Å²) in [6, 6.07) is 2.58. The van der Waals surface area contributed by atoms with Crippen LogP contribution in [0, 0.1) is 7.14 Å². The maximum Gasteiger partial charge on any atom is 0.328 e. The summed E-state index contributed by atoms with van der Waals surface area (Å²) in [5, 5.41) is 17.4. The summed E-state index contributed by atoms with van der Waals surface area (Å²) < 4.78 is 7.03. The van der Waals surface area contributed by atoms with Gasteiger partial charge in [-0.05, 0) is 75.4 Å². The summed E-state index contributed by atoms with van der Waals surface area (Å²) in [7, 11) is 0. The Balaban J connectivity index is 2.93. The average Bonchev–Trinajstić information content (AvgIpc) is 2.40. The zero-order valence-corrected chi connectivity index (χ0v) is 15.6. The summed E-state index contributed by atoms with van der Waals surface area (Å²) >= 11 is 4.10. The number of nitrogens with two attached hydrogens (primary N) is 1. The summed E-state index contributed by atoms with van der Waals surface area (Å²) in [6.45, 7) is 3.62. The molecule has 0 aliphatic rings. The Hall–Kier alpha value is -1.14. The van der Waals surface area contributed by atoms with Gasteiger partial charge < -0.3 is 20.7 Å². The highest BCUT2D eigenvalue weighted by atomic mass is 127. The van der Waals surface area contributed by atoms with Crippen LogP contribution in [0.15, 0.2) is 36.6 Å². The Bertz CT molecular complexity index is 619. The SMILES string of the molecule is C=C(C=CC(=O)O)Oc1c(I)cc(CC(N)C(=O)O)cc1I. The van der Waals surface area contributed by atoms with Gasteiger partial charge in [0.2, 0.25) is 0 Å². The molecule has 0 fully saturated rings. The van der Waals surface area contributed by atoms with Crippen molar-refractivity contribution in [2.24, 2.45) is 5.73 Å². The fraction of sp³-hybridized carbons (Fsp3) is 0.143. The lowest BCUT2D eigenvalue weighted by Gasteiger charge is -2.13. The summed E-state index contributed by atoms with van der Waals surface area (Å²) in [5.41, 5.74) is 6.30. The van der Waals surface area contributed by atoms with Crippen molar-refractivity contribution in [2.45, 2.75) is 12.5 Å². The van der Waals surface area contributed by atoms with Crippen LogP contribution in [0.5, 0.6) is 5.75 Å². The molecular formula is C14H13I2NO5. The molecule has 1 aromatic carbocycles. The van der Waals surface area contributed by atoms with Gasteiger partial charge in [-0.3, -0.25) is 4.79 Å². The number of rotatable bonds is 7. The molecule has 0 spiro atoms. The van der Waals surface area contributed by atoms with E-state index in [1.165, 1.54) is 6.08 Å². The molecule has 0 aliphatic carbocycles. The van der Waals surface area contributed by atoms with Gasteiger partial charge in [0, 0.05) is 6.08 Å². The van der Waals surface area contributed by atoms with Gasteiger partial charge in [-0.25, -0.2) is 4.79 Å². The standard InChI is InChI=1S/C14H13I2NO5/c1-7(2-3-12(18)19)22-13-9(15)4-8(5-10(13)16)6-11(17)14(20)21/h2-5,11H,1,6,17H2,(H,18,19)(H,20,21). The first kappa shape index (κ1) is 18.9. The molecule has 22 heavy (non-hydrogen) atoms. The van der Waals surface area contributed by atoms with Crippen molar-refractivity contribution in [3.05, 3.63) is 49.3 Å². The first-order chi connectivity index (χ1) is 10.2. The number of allylic oxidation sites excluding steroid dienone is 1. The molecule has 0 aromatic heterocycles. The monoisotopic (exact) mass is 529 g/mol. The first-order valence-electron chi connectivity index (χ1n) is 5.94. The third kappa shape index (κ3) is 5.93. The third-order valence-corrected chi connectivity index (χ3v) is 4.08. The molecule has 0 heterocycles. The molecule has 118 valence electrons. The van der Waals surface area contributed by atoms with Crippen LogP contribution < -0.4 is 10.5 Å². The number of halogens is 2. The number of carboxylic acid groups (broad SMARTS) is 2. The number of hydrogen-bond acceptors (Lipinski definition) is 4. The molecule has 1 atom stereocenters. The van der Waals surface area contributed by atoms with Crippen LogP contribution in [0.1, 0.15) is 5.56 Å². The largest absolute Gasteiger partial charge is 0.480 e. The van der Waals surface area contributed by atoms with E-state index >= 15 is 0 Å². The van der Waals surface area contributed by atoms with E-state index in [9.17, 15) is 9.59 Å². The summed E-state index contributed by atoms with van der Waals surface area (Å²) in [4.78, 5) is 21.2. The highest BCUT2D eigenvalue weighted by Crippen LogP contribution is 2.30. The number of benzene rings is 1. The van der Waals surface area contributed by atoms with Crippen LogP contribution in [0.4, 0.5) is 0 Å². The first-order valence-corrected chi connectivity index (χ1v) is 8.10. The van der Waals surface area contributed by atoms with Crippen LogP contribution in [0.3, 0.4) is 0 Å². The van der Waals surface area contributed by atoms with Crippen LogP contribution in [0.2, 0.25) is 0 Å². The second-order valence-corrected chi connectivity index (χ2v) is 6.60. The smallest absolute Gasteiger partial charge is 0.328 e. The zero-order valence-electron chi connectivity index (χ0n) is 11.3. The van der Waals surface area contributed by atoms with Crippen molar-refractivity contribution < 1.29 is 24.5 Å². The van der Waals surface area contributed by atoms with Gasteiger partial charge in [-0.15, -0.1) is 0 Å². The van der Waals surface area contributed by atoms with Crippen LogP contribution >= 0.6 is 45.2 Å². The Morgan fingerprint density at radius 2 is 1.82 bits per heavy atom. The third-order valence-electron chi connectivity index (χ3n) is 2.48. The van der Waals surface area contributed by atoms with E-state index in [4.69, 9.17) is 20.7 Å². The van der Waals surface area contributed by atoms with Crippen molar-refractivity contribution >= 4 is 57.1 Å². The van der Waals surface area contributed by atoms with Gasteiger partial charge in [-0.2, -0.15) is 0 Å². The predicted molar refractivity (Wildman–Crippen MR) is 97.7 cm³/mol. The molecule has 0 amide bonds. The number of carbonyl (C=O) groups is 2. The van der Waals surface area contributed by atoms with Crippen molar-refractivity contribution in [2.75, 3.05) is 0 Å². The Morgan fingerprint density at radius 3 is 2.27 bits per heavy atom. The zero-order chi connectivity index (χ0) is 16.9. The molecule has 0 saturated carbocycles. The summed E-state index contributed by atoms with van der Waals surface area (Å²) in [6.07, 6.45) is 2.40. The Morgan fingerprint density at radius 1 is 1.27 bits per heavy atom. The van der Waals surface area contributed by atoms with Gasteiger partial charge >= 0.3 is 11.9 Å². The highest BCUT2D eigenvalue weighted by molar-refractivity contribution is 14.1. The van der Waals surface area contributed by atoms with E-state index in [2.05, 4.69) is 51.8 Å². The molecule has 1 rings (SSSR count). The second kappa shape index (κ2) is 8.48.